The molecule has 0 radical (unpaired) electrons. The van der Waals surface area contributed by atoms with E-state index in [2.05, 4.69) is 5.32 Å². The summed E-state index contributed by atoms with van der Waals surface area (Å²) in [7, 11) is 0. The van der Waals surface area contributed by atoms with Gasteiger partial charge in [0.1, 0.15) is 11.6 Å². The molecule has 6 heteroatoms. The molecule has 0 aromatic heterocycles. The van der Waals surface area contributed by atoms with Gasteiger partial charge in [-0.2, -0.15) is 0 Å². The Bertz CT molecular complexity index is 754. The van der Waals surface area contributed by atoms with E-state index in [4.69, 9.17) is 5.73 Å². The van der Waals surface area contributed by atoms with Gasteiger partial charge in [0.2, 0.25) is 5.91 Å². The van der Waals surface area contributed by atoms with Crippen LogP contribution in [0.2, 0.25) is 0 Å². The van der Waals surface area contributed by atoms with Crippen LogP contribution >= 0.6 is 12.4 Å². The Labute approximate surface area is 145 Å². The van der Waals surface area contributed by atoms with Crippen molar-refractivity contribution in [3.8, 4) is 0 Å². The number of fused-ring (bicyclic) bond motifs is 1. The molecular formula is C18H19ClF2N2O. The second-order valence-corrected chi connectivity index (χ2v) is 5.93. The first-order valence-corrected chi connectivity index (χ1v) is 7.56. The minimum Gasteiger partial charge on any atom is -0.351 e. The van der Waals surface area contributed by atoms with Crippen molar-refractivity contribution < 1.29 is 13.6 Å². The summed E-state index contributed by atoms with van der Waals surface area (Å²) < 4.78 is 26.8. The van der Waals surface area contributed by atoms with Gasteiger partial charge in [0.05, 0.1) is 18.0 Å². The lowest BCUT2D eigenvalue weighted by Gasteiger charge is -2.21. The summed E-state index contributed by atoms with van der Waals surface area (Å²) in [6.07, 6.45) is 0.654. The molecule has 2 aromatic carbocycles. The Hall–Kier alpha value is -1.98. The molecule has 3 rings (SSSR count). The SMILES string of the molecule is C[C@H](C(=O)N[C@H]1Cc2ccccc2[C@@H]1N)c1ccc(F)cc1F.Cl. The molecule has 3 N–H and O–H groups in total. The van der Waals surface area contributed by atoms with Crippen LogP contribution in [0.4, 0.5) is 8.78 Å². The normalized spacial score (nSPS) is 20.0. The lowest BCUT2D eigenvalue weighted by Crippen LogP contribution is -2.42. The zero-order valence-corrected chi connectivity index (χ0v) is 13.9. The highest BCUT2D eigenvalue weighted by Crippen LogP contribution is 2.30. The summed E-state index contributed by atoms with van der Waals surface area (Å²) in [5.74, 6) is -2.41. The van der Waals surface area contributed by atoms with Crippen molar-refractivity contribution in [3.05, 3.63) is 70.8 Å². The Balaban J connectivity index is 0.00000208. The second kappa shape index (κ2) is 7.28. The molecule has 0 spiro atoms. The van der Waals surface area contributed by atoms with Gasteiger partial charge >= 0.3 is 0 Å². The fourth-order valence-corrected chi connectivity index (χ4v) is 3.07. The van der Waals surface area contributed by atoms with Gasteiger partial charge in [-0.05, 0) is 30.5 Å². The monoisotopic (exact) mass is 352 g/mol. The van der Waals surface area contributed by atoms with Crippen LogP contribution in [0.15, 0.2) is 42.5 Å². The predicted octanol–water partition coefficient (Wildman–Crippen LogP) is 3.23. The first kappa shape index (κ1) is 18.4. The zero-order chi connectivity index (χ0) is 16.6. The topological polar surface area (TPSA) is 55.1 Å². The van der Waals surface area contributed by atoms with E-state index in [1.807, 2.05) is 24.3 Å². The van der Waals surface area contributed by atoms with Crippen molar-refractivity contribution in [1.82, 2.24) is 5.32 Å². The molecule has 0 aliphatic heterocycles. The Morgan fingerprint density at radius 1 is 1.25 bits per heavy atom. The smallest absolute Gasteiger partial charge is 0.227 e. The van der Waals surface area contributed by atoms with Crippen LogP contribution in [0.5, 0.6) is 0 Å². The minimum absolute atomic E-state index is 0. The first-order valence-electron chi connectivity index (χ1n) is 7.56. The number of rotatable bonds is 3. The predicted molar refractivity (Wildman–Crippen MR) is 91.0 cm³/mol. The molecule has 0 saturated carbocycles. The summed E-state index contributed by atoms with van der Waals surface area (Å²) in [4.78, 5) is 12.4. The van der Waals surface area contributed by atoms with E-state index < -0.39 is 17.6 Å². The second-order valence-electron chi connectivity index (χ2n) is 5.93. The third kappa shape index (κ3) is 3.42. The van der Waals surface area contributed by atoms with Gasteiger partial charge in [-0.1, -0.05) is 30.3 Å². The summed E-state index contributed by atoms with van der Waals surface area (Å²) in [6.45, 7) is 1.60. The van der Waals surface area contributed by atoms with E-state index in [0.29, 0.717) is 6.42 Å². The fraction of sp³-hybridized carbons (Fsp3) is 0.278. The average molecular weight is 353 g/mol. The van der Waals surface area contributed by atoms with Crippen molar-refractivity contribution in [3.63, 3.8) is 0 Å². The van der Waals surface area contributed by atoms with Gasteiger partial charge in [0, 0.05) is 11.6 Å². The van der Waals surface area contributed by atoms with Crippen LogP contribution in [-0.2, 0) is 11.2 Å². The summed E-state index contributed by atoms with van der Waals surface area (Å²) >= 11 is 0. The van der Waals surface area contributed by atoms with Crippen LogP contribution in [0.3, 0.4) is 0 Å². The molecule has 1 amide bonds. The molecule has 1 aliphatic carbocycles. The number of benzene rings is 2. The molecule has 2 aromatic rings. The molecule has 3 atom stereocenters. The van der Waals surface area contributed by atoms with Crippen molar-refractivity contribution >= 4 is 18.3 Å². The minimum atomic E-state index is -0.716. The zero-order valence-electron chi connectivity index (χ0n) is 13.1. The van der Waals surface area contributed by atoms with Crippen molar-refractivity contribution in [1.29, 1.82) is 0 Å². The number of nitrogens with two attached hydrogens (primary N) is 1. The molecule has 0 saturated heterocycles. The number of carbonyl (C=O) groups is 1. The van der Waals surface area contributed by atoms with Gasteiger partial charge in [0.15, 0.2) is 0 Å². The third-order valence-corrected chi connectivity index (χ3v) is 4.44. The first-order chi connectivity index (χ1) is 11.0. The highest BCUT2D eigenvalue weighted by molar-refractivity contribution is 5.85. The Kier molecular flexibility index (Phi) is 5.57. The van der Waals surface area contributed by atoms with Crippen LogP contribution in [0, 0.1) is 11.6 Å². The molecule has 0 bridgehead atoms. The fourth-order valence-electron chi connectivity index (χ4n) is 3.07. The number of carbonyl (C=O) groups excluding carboxylic acids is 1. The molecule has 3 nitrogen and oxygen atoms in total. The highest BCUT2D eigenvalue weighted by Gasteiger charge is 2.32. The number of hydrogen-bond acceptors (Lipinski definition) is 2. The van der Waals surface area contributed by atoms with Gasteiger partial charge < -0.3 is 11.1 Å². The lowest BCUT2D eigenvalue weighted by molar-refractivity contribution is -0.123. The lowest BCUT2D eigenvalue weighted by atomic mass is 9.98. The molecule has 0 fully saturated rings. The number of hydrogen-bond donors (Lipinski definition) is 2. The average Bonchev–Trinajstić information content (AvgIpc) is 2.83. The van der Waals surface area contributed by atoms with E-state index in [0.717, 1.165) is 23.3 Å². The van der Waals surface area contributed by atoms with Gasteiger partial charge in [0.25, 0.3) is 0 Å². The number of nitrogens with one attached hydrogen (secondary N) is 1. The third-order valence-electron chi connectivity index (χ3n) is 4.44. The molecule has 0 heterocycles. The maximum absolute atomic E-state index is 13.8. The van der Waals surface area contributed by atoms with Crippen molar-refractivity contribution in [2.24, 2.45) is 5.73 Å². The summed E-state index contributed by atoms with van der Waals surface area (Å²) in [5.41, 5.74) is 8.51. The molecule has 0 unspecified atom stereocenters. The maximum Gasteiger partial charge on any atom is 0.227 e. The molecule has 1 aliphatic rings. The van der Waals surface area contributed by atoms with E-state index in [-0.39, 0.29) is 36.0 Å². The van der Waals surface area contributed by atoms with E-state index >= 15 is 0 Å². The number of amides is 1. The standard InChI is InChI=1S/C18H18F2N2O.ClH/c1-10(13-7-6-12(19)9-15(13)20)18(23)22-16-8-11-4-2-3-5-14(11)17(16)21;/h2-7,9-10,16-17H,8,21H2,1H3,(H,22,23);1H/t10-,16-,17-;/m0./s1. The van der Waals surface area contributed by atoms with E-state index in [1.54, 1.807) is 6.92 Å². The van der Waals surface area contributed by atoms with Crippen molar-refractivity contribution in [2.75, 3.05) is 0 Å². The van der Waals surface area contributed by atoms with Gasteiger partial charge in [-0.3, -0.25) is 4.79 Å². The Morgan fingerprint density at radius 2 is 1.96 bits per heavy atom. The molecule has 24 heavy (non-hydrogen) atoms. The van der Waals surface area contributed by atoms with Gasteiger partial charge in [-0.15, -0.1) is 12.4 Å². The number of halogens is 3. The van der Waals surface area contributed by atoms with Crippen LogP contribution in [0.1, 0.15) is 35.6 Å². The molecule has 128 valence electrons. The van der Waals surface area contributed by atoms with Crippen LogP contribution in [0.25, 0.3) is 0 Å². The van der Waals surface area contributed by atoms with Gasteiger partial charge in [-0.25, -0.2) is 8.78 Å². The maximum atomic E-state index is 13.8. The quantitative estimate of drug-likeness (QED) is 0.891. The van der Waals surface area contributed by atoms with Crippen LogP contribution < -0.4 is 11.1 Å². The summed E-state index contributed by atoms with van der Waals surface area (Å²) in [5, 5.41) is 2.89. The molecular weight excluding hydrogens is 334 g/mol. The Morgan fingerprint density at radius 3 is 2.62 bits per heavy atom. The van der Waals surface area contributed by atoms with Crippen LogP contribution in [-0.4, -0.2) is 11.9 Å². The largest absolute Gasteiger partial charge is 0.351 e. The highest BCUT2D eigenvalue weighted by atomic mass is 35.5. The summed E-state index contributed by atoms with van der Waals surface area (Å²) in [6, 6.07) is 10.5. The van der Waals surface area contributed by atoms with E-state index in [1.165, 1.54) is 6.07 Å². The van der Waals surface area contributed by atoms with E-state index in [9.17, 15) is 13.6 Å². The van der Waals surface area contributed by atoms with Crippen molar-refractivity contribution in [2.45, 2.75) is 31.3 Å².